The number of carbonyl (C=O) groups excluding carboxylic acids is 1. The number of hydrogen-bond acceptors (Lipinski definition) is 5. The number of amides is 1. The van der Waals surface area contributed by atoms with Crippen molar-refractivity contribution in [2.75, 3.05) is 6.61 Å². The van der Waals surface area contributed by atoms with E-state index < -0.39 is 0 Å². The van der Waals surface area contributed by atoms with E-state index >= 15 is 0 Å². The van der Waals surface area contributed by atoms with Crippen molar-refractivity contribution < 1.29 is 19.4 Å². The van der Waals surface area contributed by atoms with Crippen molar-refractivity contribution in [1.29, 1.82) is 0 Å². The van der Waals surface area contributed by atoms with Gasteiger partial charge in [0.05, 0.1) is 12.8 Å². The third-order valence-corrected chi connectivity index (χ3v) is 4.02. The lowest BCUT2D eigenvalue weighted by molar-refractivity contribution is 0.0954. The van der Waals surface area contributed by atoms with Gasteiger partial charge in [-0.2, -0.15) is 5.10 Å². The number of rotatable bonds is 8. The number of nitrogens with zero attached hydrogens (tertiary/aromatic N) is 1. The molecule has 29 heavy (non-hydrogen) atoms. The Morgan fingerprint density at radius 2 is 1.76 bits per heavy atom. The molecule has 0 heterocycles. The van der Waals surface area contributed by atoms with E-state index in [1.807, 2.05) is 37.3 Å². The summed E-state index contributed by atoms with van der Waals surface area (Å²) in [5, 5.41) is 13.2. The molecule has 0 spiro atoms. The summed E-state index contributed by atoms with van der Waals surface area (Å²) >= 11 is 0. The highest BCUT2D eigenvalue weighted by molar-refractivity contribution is 5.95. The first-order chi connectivity index (χ1) is 14.2. The van der Waals surface area contributed by atoms with Crippen LogP contribution in [0, 0.1) is 0 Å². The van der Waals surface area contributed by atoms with Crippen molar-refractivity contribution in [3.63, 3.8) is 0 Å². The number of hydrazone groups is 1. The molecule has 0 fully saturated rings. The third kappa shape index (κ3) is 5.84. The van der Waals surface area contributed by atoms with Crippen LogP contribution in [0.1, 0.15) is 28.4 Å². The Morgan fingerprint density at radius 3 is 2.48 bits per heavy atom. The molecule has 3 rings (SSSR count). The van der Waals surface area contributed by atoms with Crippen LogP contribution in [0.4, 0.5) is 0 Å². The van der Waals surface area contributed by atoms with Crippen molar-refractivity contribution in [3.8, 4) is 17.2 Å². The number of carbonyl (C=O) groups is 1. The average molecular weight is 390 g/mol. The van der Waals surface area contributed by atoms with Gasteiger partial charge in [-0.15, -0.1) is 0 Å². The van der Waals surface area contributed by atoms with Gasteiger partial charge in [0.2, 0.25) is 0 Å². The molecule has 3 aromatic rings. The van der Waals surface area contributed by atoms with Crippen LogP contribution in [-0.2, 0) is 6.61 Å². The molecular weight excluding hydrogens is 368 g/mol. The normalized spacial score (nSPS) is 10.7. The fourth-order valence-corrected chi connectivity index (χ4v) is 2.56. The molecule has 148 valence electrons. The maximum absolute atomic E-state index is 12.4. The van der Waals surface area contributed by atoms with Crippen LogP contribution in [-0.4, -0.2) is 23.8 Å². The Hall–Kier alpha value is -3.80. The first-order valence-corrected chi connectivity index (χ1v) is 9.21. The lowest BCUT2D eigenvalue weighted by Crippen LogP contribution is -2.17. The second-order valence-electron chi connectivity index (χ2n) is 6.16. The molecule has 0 unspecified atom stereocenters. The van der Waals surface area contributed by atoms with Gasteiger partial charge >= 0.3 is 0 Å². The summed E-state index contributed by atoms with van der Waals surface area (Å²) in [6.45, 7) is 2.73. The van der Waals surface area contributed by atoms with Crippen molar-refractivity contribution in [1.82, 2.24) is 5.43 Å². The molecule has 3 aromatic carbocycles. The Morgan fingerprint density at radius 1 is 1.00 bits per heavy atom. The molecular formula is C23H22N2O4. The second kappa shape index (κ2) is 9.94. The number of nitrogens with one attached hydrogen (secondary N) is 1. The van der Waals surface area contributed by atoms with Gasteiger partial charge in [0.15, 0.2) is 11.5 Å². The quantitative estimate of drug-likeness (QED) is 0.448. The van der Waals surface area contributed by atoms with Crippen molar-refractivity contribution in [2.24, 2.45) is 5.10 Å². The van der Waals surface area contributed by atoms with Gasteiger partial charge < -0.3 is 14.6 Å². The second-order valence-corrected chi connectivity index (χ2v) is 6.16. The maximum Gasteiger partial charge on any atom is 0.271 e. The van der Waals surface area contributed by atoms with E-state index in [2.05, 4.69) is 10.5 Å². The van der Waals surface area contributed by atoms with E-state index in [4.69, 9.17) is 9.47 Å². The molecule has 1 amide bonds. The van der Waals surface area contributed by atoms with E-state index in [1.54, 1.807) is 42.5 Å². The molecule has 0 radical (unpaired) electrons. The van der Waals surface area contributed by atoms with Gasteiger partial charge in [-0.05, 0) is 60.5 Å². The number of phenolic OH excluding ortho intramolecular Hbond substituents is 1. The van der Waals surface area contributed by atoms with Gasteiger partial charge in [-0.25, -0.2) is 5.43 Å². The number of aromatic hydroxyl groups is 1. The fourth-order valence-electron chi connectivity index (χ4n) is 2.56. The van der Waals surface area contributed by atoms with Crippen LogP contribution in [0.15, 0.2) is 77.9 Å². The fraction of sp³-hybridized carbons (Fsp3) is 0.130. The monoisotopic (exact) mass is 390 g/mol. The van der Waals surface area contributed by atoms with E-state index in [-0.39, 0.29) is 11.7 Å². The Kier molecular flexibility index (Phi) is 6.84. The average Bonchev–Trinajstić information content (AvgIpc) is 2.75. The lowest BCUT2D eigenvalue weighted by Gasteiger charge is -2.13. The van der Waals surface area contributed by atoms with Gasteiger partial charge in [0, 0.05) is 5.56 Å². The van der Waals surface area contributed by atoms with Crippen LogP contribution in [0.3, 0.4) is 0 Å². The molecule has 2 N–H and O–H groups in total. The van der Waals surface area contributed by atoms with Crippen molar-refractivity contribution >= 4 is 12.1 Å². The number of benzene rings is 3. The highest BCUT2D eigenvalue weighted by atomic mass is 16.5. The standard InChI is InChI=1S/C23H22N2O4/c1-2-28-22-14-19(10-13-21(22)29-16-18-6-4-3-5-7-18)23(27)25-24-15-17-8-11-20(26)12-9-17/h3-15,26H,2,16H2,1H3,(H,25,27)/b24-15+. The molecule has 0 aromatic heterocycles. The predicted octanol–water partition coefficient (Wildman–Crippen LogP) is 4.13. The van der Waals surface area contributed by atoms with Crippen LogP contribution in [0.2, 0.25) is 0 Å². The summed E-state index contributed by atoms with van der Waals surface area (Å²) in [5.74, 6) is 0.873. The summed E-state index contributed by atoms with van der Waals surface area (Å²) in [4.78, 5) is 12.4. The smallest absolute Gasteiger partial charge is 0.271 e. The summed E-state index contributed by atoms with van der Waals surface area (Å²) < 4.78 is 11.5. The SMILES string of the molecule is CCOc1cc(C(=O)N/N=C/c2ccc(O)cc2)ccc1OCc1ccccc1. The zero-order chi connectivity index (χ0) is 20.5. The summed E-state index contributed by atoms with van der Waals surface area (Å²) in [6.07, 6.45) is 1.50. The summed E-state index contributed by atoms with van der Waals surface area (Å²) in [6, 6.07) is 21.3. The predicted molar refractivity (Wildman–Crippen MR) is 112 cm³/mol. The Bertz CT molecular complexity index is 970. The van der Waals surface area contributed by atoms with Crippen LogP contribution >= 0.6 is 0 Å². The largest absolute Gasteiger partial charge is 0.508 e. The van der Waals surface area contributed by atoms with Crippen LogP contribution < -0.4 is 14.9 Å². The summed E-state index contributed by atoms with van der Waals surface area (Å²) in [7, 11) is 0. The highest BCUT2D eigenvalue weighted by Gasteiger charge is 2.11. The molecule has 0 saturated carbocycles. The zero-order valence-corrected chi connectivity index (χ0v) is 16.0. The minimum atomic E-state index is -0.365. The highest BCUT2D eigenvalue weighted by Crippen LogP contribution is 2.29. The molecule has 0 bridgehead atoms. The minimum Gasteiger partial charge on any atom is -0.508 e. The van der Waals surface area contributed by atoms with Crippen molar-refractivity contribution in [2.45, 2.75) is 13.5 Å². The molecule has 6 heteroatoms. The van der Waals surface area contributed by atoms with E-state index in [0.29, 0.717) is 30.3 Å². The van der Waals surface area contributed by atoms with Crippen LogP contribution in [0.25, 0.3) is 0 Å². The number of ether oxygens (including phenoxy) is 2. The topological polar surface area (TPSA) is 80.2 Å². The Balaban J connectivity index is 1.66. The van der Waals surface area contributed by atoms with E-state index in [0.717, 1.165) is 11.1 Å². The molecule has 0 aliphatic heterocycles. The van der Waals surface area contributed by atoms with Crippen molar-refractivity contribution in [3.05, 3.63) is 89.5 Å². The number of hydrogen-bond donors (Lipinski definition) is 2. The van der Waals surface area contributed by atoms with E-state index in [1.165, 1.54) is 6.21 Å². The van der Waals surface area contributed by atoms with Gasteiger partial charge in [0.1, 0.15) is 12.4 Å². The molecule has 0 aliphatic rings. The van der Waals surface area contributed by atoms with Gasteiger partial charge in [0.25, 0.3) is 5.91 Å². The van der Waals surface area contributed by atoms with Gasteiger partial charge in [-0.3, -0.25) is 4.79 Å². The number of phenols is 1. The first-order valence-electron chi connectivity index (χ1n) is 9.21. The molecule has 0 aliphatic carbocycles. The maximum atomic E-state index is 12.4. The molecule has 6 nitrogen and oxygen atoms in total. The first kappa shape index (κ1) is 19.9. The van der Waals surface area contributed by atoms with Gasteiger partial charge in [-0.1, -0.05) is 30.3 Å². The zero-order valence-electron chi connectivity index (χ0n) is 16.0. The minimum absolute atomic E-state index is 0.171. The summed E-state index contributed by atoms with van der Waals surface area (Å²) in [5.41, 5.74) is 4.68. The third-order valence-electron chi connectivity index (χ3n) is 4.02. The molecule has 0 saturated heterocycles. The molecule has 0 atom stereocenters. The lowest BCUT2D eigenvalue weighted by atomic mass is 10.2. The Labute approximate surface area is 169 Å². The van der Waals surface area contributed by atoms with Crippen LogP contribution in [0.5, 0.6) is 17.2 Å². The van der Waals surface area contributed by atoms with E-state index in [9.17, 15) is 9.90 Å².